The summed E-state index contributed by atoms with van der Waals surface area (Å²) in [6.07, 6.45) is 3.68. The van der Waals surface area contributed by atoms with E-state index in [0.717, 1.165) is 5.56 Å². The zero-order valence-electron chi connectivity index (χ0n) is 13.0. The Labute approximate surface area is 135 Å². The molecule has 0 radical (unpaired) electrons. The molecule has 0 aliphatic heterocycles. The maximum atomic E-state index is 12.0. The van der Waals surface area contributed by atoms with Crippen LogP contribution >= 0.6 is 11.8 Å². The molecular weight excluding hydrogens is 292 g/mol. The van der Waals surface area contributed by atoms with Crippen molar-refractivity contribution in [2.45, 2.75) is 24.7 Å². The number of hydrogen-bond donors (Lipinski definition) is 1. The van der Waals surface area contributed by atoms with Gasteiger partial charge in [-0.1, -0.05) is 38.1 Å². The number of hydrazone groups is 1. The van der Waals surface area contributed by atoms with Crippen molar-refractivity contribution in [3.63, 3.8) is 0 Å². The summed E-state index contributed by atoms with van der Waals surface area (Å²) in [5, 5.41) is 4.00. The zero-order valence-corrected chi connectivity index (χ0v) is 13.9. The van der Waals surface area contributed by atoms with Gasteiger partial charge in [0.05, 0.1) is 6.21 Å². The van der Waals surface area contributed by atoms with E-state index in [-0.39, 0.29) is 5.91 Å². The number of nitrogens with zero attached hydrogens (tertiary/aromatic N) is 1. The fourth-order valence-electron chi connectivity index (χ4n) is 1.94. The molecule has 4 heteroatoms. The van der Waals surface area contributed by atoms with Crippen LogP contribution in [0, 0.1) is 0 Å². The Hall–Kier alpha value is -2.07. The van der Waals surface area contributed by atoms with E-state index >= 15 is 0 Å². The van der Waals surface area contributed by atoms with Gasteiger partial charge in [0.15, 0.2) is 0 Å². The summed E-state index contributed by atoms with van der Waals surface area (Å²) in [6.45, 7) is 4.25. The molecule has 114 valence electrons. The first kappa shape index (κ1) is 16.3. The Bertz CT molecular complexity index is 646. The lowest BCUT2D eigenvalue weighted by Gasteiger charge is -2.05. The van der Waals surface area contributed by atoms with E-state index in [9.17, 15) is 4.79 Å². The van der Waals surface area contributed by atoms with Crippen molar-refractivity contribution < 1.29 is 4.79 Å². The van der Waals surface area contributed by atoms with E-state index in [2.05, 4.69) is 24.4 Å². The number of amides is 1. The Balaban J connectivity index is 1.95. The number of benzene rings is 2. The van der Waals surface area contributed by atoms with Crippen LogP contribution in [-0.2, 0) is 0 Å². The van der Waals surface area contributed by atoms with Gasteiger partial charge in [-0.25, -0.2) is 5.43 Å². The van der Waals surface area contributed by atoms with E-state index in [1.165, 1.54) is 10.5 Å². The van der Waals surface area contributed by atoms with E-state index in [4.69, 9.17) is 0 Å². The molecule has 0 aliphatic carbocycles. The Kier molecular flexibility index (Phi) is 5.78. The molecule has 1 N–H and O–H groups in total. The van der Waals surface area contributed by atoms with Gasteiger partial charge in [-0.3, -0.25) is 4.79 Å². The van der Waals surface area contributed by atoms with Crippen molar-refractivity contribution in [2.75, 3.05) is 6.26 Å². The number of carbonyl (C=O) groups excluding carboxylic acids is 1. The first-order valence-corrected chi connectivity index (χ1v) is 8.40. The Morgan fingerprint density at radius 2 is 1.73 bits per heavy atom. The van der Waals surface area contributed by atoms with Crippen LogP contribution in [0.5, 0.6) is 0 Å². The predicted octanol–water partition coefficient (Wildman–Crippen LogP) is 4.30. The SMILES string of the molecule is CSc1ccc(C=NNC(=O)c2ccc(C(C)C)cc2)cc1. The van der Waals surface area contributed by atoms with Gasteiger partial charge >= 0.3 is 0 Å². The fourth-order valence-corrected chi connectivity index (χ4v) is 2.35. The predicted molar refractivity (Wildman–Crippen MR) is 93.8 cm³/mol. The van der Waals surface area contributed by atoms with Crippen LogP contribution in [0.15, 0.2) is 58.5 Å². The average Bonchev–Trinajstić information content (AvgIpc) is 2.55. The van der Waals surface area contributed by atoms with E-state index in [1.807, 2.05) is 54.8 Å². The summed E-state index contributed by atoms with van der Waals surface area (Å²) in [5.41, 5.74) is 5.33. The molecule has 2 aromatic carbocycles. The summed E-state index contributed by atoms with van der Waals surface area (Å²) in [7, 11) is 0. The lowest BCUT2D eigenvalue weighted by atomic mass is 10.0. The van der Waals surface area contributed by atoms with Gasteiger partial charge in [0.1, 0.15) is 0 Å². The van der Waals surface area contributed by atoms with Crippen LogP contribution in [0.3, 0.4) is 0 Å². The molecule has 0 fully saturated rings. The van der Waals surface area contributed by atoms with Crippen LogP contribution in [0.2, 0.25) is 0 Å². The second-order valence-corrected chi connectivity index (χ2v) is 6.13. The van der Waals surface area contributed by atoms with Crippen molar-refractivity contribution >= 4 is 23.9 Å². The normalized spacial score (nSPS) is 11.1. The molecule has 0 saturated carbocycles. The second kappa shape index (κ2) is 7.80. The number of thioether (sulfide) groups is 1. The van der Waals surface area contributed by atoms with Crippen molar-refractivity contribution in [3.05, 3.63) is 65.2 Å². The highest BCUT2D eigenvalue weighted by Gasteiger charge is 2.05. The number of rotatable bonds is 5. The smallest absolute Gasteiger partial charge is 0.267 e. The molecule has 0 saturated heterocycles. The lowest BCUT2D eigenvalue weighted by molar-refractivity contribution is 0.0955. The van der Waals surface area contributed by atoms with Gasteiger partial charge in [0.2, 0.25) is 0 Å². The first-order chi connectivity index (χ1) is 10.6. The van der Waals surface area contributed by atoms with Crippen molar-refractivity contribution in [3.8, 4) is 0 Å². The van der Waals surface area contributed by atoms with Gasteiger partial charge in [0, 0.05) is 10.5 Å². The standard InChI is InChI=1S/C18H20N2OS/c1-13(2)15-6-8-16(9-7-15)18(21)20-19-12-14-4-10-17(22-3)11-5-14/h4-13H,1-3H3,(H,20,21). The molecule has 22 heavy (non-hydrogen) atoms. The van der Waals surface area contributed by atoms with Gasteiger partial charge < -0.3 is 0 Å². The summed E-state index contributed by atoms with van der Waals surface area (Å²) in [5.74, 6) is 0.256. The topological polar surface area (TPSA) is 41.5 Å². The van der Waals surface area contributed by atoms with Crippen LogP contribution < -0.4 is 5.43 Å². The molecule has 0 bridgehead atoms. The molecule has 3 nitrogen and oxygen atoms in total. The van der Waals surface area contributed by atoms with Crippen LogP contribution in [0.1, 0.15) is 41.3 Å². The van der Waals surface area contributed by atoms with Crippen molar-refractivity contribution in [1.29, 1.82) is 0 Å². The second-order valence-electron chi connectivity index (χ2n) is 5.25. The maximum absolute atomic E-state index is 12.0. The van der Waals surface area contributed by atoms with Crippen LogP contribution in [0.4, 0.5) is 0 Å². The number of carbonyl (C=O) groups is 1. The third-order valence-corrected chi connectivity index (χ3v) is 4.08. The van der Waals surface area contributed by atoms with Gasteiger partial charge in [-0.05, 0) is 47.6 Å². The maximum Gasteiger partial charge on any atom is 0.271 e. The van der Waals surface area contributed by atoms with Gasteiger partial charge in [-0.2, -0.15) is 5.10 Å². The van der Waals surface area contributed by atoms with E-state index in [1.54, 1.807) is 18.0 Å². The molecule has 0 atom stereocenters. The Morgan fingerprint density at radius 1 is 1.09 bits per heavy atom. The van der Waals surface area contributed by atoms with Gasteiger partial charge in [-0.15, -0.1) is 11.8 Å². The molecule has 0 unspecified atom stereocenters. The molecular formula is C18H20N2OS. The van der Waals surface area contributed by atoms with Crippen LogP contribution in [-0.4, -0.2) is 18.4 Å². The molecule has 1 amide bonds. The highest BCUT2D eigenvalue weighted by Crippen LogP contribution is 2.15. The minimum atomic E-state index is -0.202. The van der Waals surface area contributed by atoms with E-state index in [0.29, 0.717) is 11.5 Å². The minimum Gasteiger partial charge on any atom is -0.267 e. The fraction of sp³-hybridized carbons (Fsp3) is 0.222. The molecule has 0 heterocycles. The molecule has 2 rings (SSSR count). The zero-order chi connectivity index (χ0) is 15.9. The quantitative estimate of drug-likeness (QED) is 0.508. The number of nitrogens with one attached hydrogen (secondary N) is 1. The largest absolute Gasteiger partial charge is 0.271 e. The summed E-state index contributed by atoms with van der Waals surface area (Å²) >= 11 is 1.69. The first-order valence-electron chi connectivity index (χ1n) is 7.17. The highest BCUT2D eigenvalue weighted by molar-refractivity contribution is 7.98. The molecule has 0 aliphatic rings. The number of hydrogen-bond acceptors (Lipinski definition) is 3. The lowest BCUT2D eigenvalue weighted by Crippen LogP contribution is -2.17. The van der Waals surface area contributed by atoms with E-state index < -0.39 is 0 Å². The molecule has 0 spiro atoms. The molecule has 2 aromatic rings. The highest BCUT2D eigenvalue weighted by atomic mass is 32.2. The summed E-state index contributed by atoms with van der Waals surface area (Å²) < 4.78 is 0. The van der Waals surface area contributed by atoms with Crippen molar-refractivity contribution in [1.82, 2.24) is 5.43 Å². The summed E-state index contributed by atoms with van der Waals surface area (Å²) in [4.78, 5) is 13.2. The summed E-state index contributed by atoms with van der Waals surface area (Å²) in [6, 6.07) is 15.6. The van der Waals surface area contributed by atoms with Gasteiger partial charge in [0.25, 0.3) is 5.91 Å². The molecule has 0 aromatic heterocycles. The van der Waals surface area contributed by atoms with Crippen LogP contribution in [0.25, 0.3) is 0 Å². The monoisotopic (exact) mass is 312 g/mol. The third-order valence-electron chi connectivity index (χ3n) is 3.34. The minimum absolute atomic E-state index is 0.202. The Morgan fingerprint density at radius 3 is 2.27 bits per heavy atom. The third kappa shape index (κ3) is 4.46. The van der Waals surface area contributed by atoms with Crippen molar-refractivity contribution in [2.24, 2.45) is 5.10 Å². The average molecular weight is 312 g/mol.